The van der Waals surface area contributed by atoms with Gasteiger partial charge in [0.25, 0.3) is 6.43 Å². The summed E-state index contributed by atoms with van der Waals surface area (Å²) in [6.45, 7) is 11.1. The number of alkyl halides is 5. The Morgan fingerprint density at radius 3 is 1.65 bits per heavy atom. The molecule has 2 rings (SSSR count). The average molecular weight is 380 g/mol. The van der Waals surface area contributed by atoms with Crippen LogP contribution in [-0.2, 0) is 6.18 Å². The van der Waals surface area contributed by atoms with E-state index in [0.29, 0.717) is 5.56 Å². The Morgan fingerprint density at radius 1 is 0.808 bits per heavy atom. The lowest BCUT2D eigenvalue weighted by molar-refractivity contribution is -0.137. The molecule has 0 heterocycles. The van der Waals surface area contributed by atoms with Crippen molar-refractivity contribution in [1.82, 2.24) is 0 Å². The zero-order valence-corrected chi connectivity index (χ0v) is 15.9. The van der Waals surface area contributed by atoms with Crippen molar-refractivity contribution < 1.29 is 26.3 Å². The number of hydrogen-bond acceptors (Lipinski definition) is 0. The van der Waals surface area contributed by atoms with Gasteiger partial charge in [0.15, 0.2) is 0 Å². The molecular formula is C20H26F6. The van der Waals surface area contributed by atoms with Crippen molar-refractivity contribution in [3.63, 3.8) is 0 Å². The summed E-state index contributed by atoms with van der Waals surface area (Å²) >= 11 is 0. The van der Waals surface area contributed by atoms with Crippen LogP contribution in [0.3, 0.4) is 0 Å². The third-order valence-corrected chi connectivity index (χ3v) is 2.80. The van der Waals surface area contributed by atoms with Gasteiger partial charge in [0.1, 0.15) is 5.82 Å². The predicted octanol–water partition coefficient (Wildman–Crippen LogP) is 8.14. The largest absolute Gasteiger partial charge is 0.416 e. The Kier molecular flexibility index (Phi) is 13.4. The molecule has 0 saturated carbocycles. The van der Waals surface area contributed by atoms with Gasteiger partial charge in [-0.3, -0.25) is 0 Å². The highest BCUT2D eigenvalue weighted by Gasteiger charge is 2.29. The molecule has 0 aliphatic carbocycles. The zero-order valence-electron chi connectivity index (χ0n) is 15.9. The standard InChI is InChI=1S/2C8H7F3.2C2H6/c1-6-3-2-4-7(5-6)8(9,10)11;1-5-3-2-4-6(7(5)9)8(10)11;2*1-2/h2-5H,1H3;2-4,8H,1H3;2*1-2H3. The maximum Gasteiger partial charge on any atom is 0.416 e. The summed E-state index contributed by atoms with van der Waals surface area (Å²) in [5.41, 5.74) is -0.231. The monoisotopic (exact) mass is 380 g/mol. The second-order valence-electron chi connectivity index (χ2n) is 4.65. The quantitative estimate of drug-likeness (QED) is 0.438. The number of aryl methyl sites for hydroxylation is 2. The van der Waals surface area contributed by atoms with Crippen LogP contribution >= 0.6 is 0 Å². The molecule has 0 nitrogen and oxygen atoms in total. The van der Waals surface area contributed by atoms with Crippen LogP contribution in [0.25, 0.3) is 0 Å². The summed E-state index contributed by atoms with van der Waals surface area (Å²) in [5, 5.41) is 0. The Labute approximate surface area is 151 Å². The van der Waals surface area contributed by atoms with Gasteiger partial charge in [-0.05, 0) is 25.5 Å². The summed E-state index contributed by atoms with van der Waals surface area (Å²) in [6.07, 6.45) is -6.94. The Hall–Kier alpha value is -1.98. The van der Waals surface area contributed by atoms with E-state index < -0.39 is 29.5 Å². The SMILES string of the molecule is CC.CC.Cc1cccc(C(F)(F)F)c1.Cc1cccc(C(F)F)c1F. The highest BCUT2D eigenvalue weighted by atomic mass is 19.4. The van der Waals surface area contributed by atoms with Gasteiger partial charge in [0.05, 0.1) is 11.1 Å². The van der Waals surface area contributed by atoms with E-state index in [-0.39, 0.29) is 5.56 Å². The van der Waals surface area contributed by atoms with E-state index in [1.54, 1.807) is 13.0 Å². The van der Waals surface area contributed by atoms with E-state index in [1.165, 1.54) is 25.1 Å². The molecule has 0 spiro atoms. The minimum Gasteiger partial charge on any atom is -0.206 e. The summed E-state index contributed by atoms with van der Waals surface area (Å²) in [6, 6.07) is 9.19. The van der Waals surface area contributed by atoms with Crippen LogP contribution in [-0.4, -0.2) is 0 Å². The molecule has 0 bridgehead atoms. The topological polar surface area (TPSA) is 0 Å². The van der Waals surface area contributed by atoms with Crippen LogP contribution in [0.1, 0.15) is 56.4 Å². The third-order valence-electron chi connectivity index (χ3n) is 2.80. The predicted molar refractivity (Wildman–Crippen MR) is 95.0 cm³/mol. The first-order valence-corrected chi connectivity index (χ1v) is 8.30. The number of hydrogen-bond donors (Lipinski definition) is 0. The van der Waals surface area contributed by atoms with Crippen LogP contribution in [0.2, 0.25) is 0 Å². The van der Waals surface area contributed by atoms with Crippen molar-refractivity contribution in [2.75, 3.05) is 0 Å². The molecule has 0 aliphatic rings. The Balaban J connectivity index is 0. The number of benzene rings is 2. The smallest absolute Gasteiger partial charge is 0.206 e. The number of rotatable bonds is 1. The first kappa shape index (κ1) is 26.3. The van der Waals surface area contributed by atoms with E-state index in [4.69, 9.17) is 0 Å². The van der Waals surface area contributed by atoms with Crippen molar-refractivity contribution in [2.45, 2.75) is 54.1 Å². The Bertz CT molecular complexity index is 618. The minimum absolute atomic E-state index is 0.253. The van der Waals surface area contributed by atoms with E-state index >= 15 is 0 Å². The summed E-state index contributed by atoms with van der Waals surface area (Å²) < 4.78 is 72.6. The molecule has 0 amide bonds. The van der Waals surface area contributed by atoms with Crippen LogP contribution in [0.5, 0.6) is 0 Å². The van der Waals surface area contributed by atoms with Crippen LogP contribution in [0.15, 0.2) is 42.5 Å². The van der Waals surface area contributed by atoms with Crippen LogP contribution < -0.4 is 0 Å². The van der Waals surface area contributed by atoms with E-state index in [1.807, 2.05) is 27.7 Å². The van der Waals surface area contributed by atoms with Gasteiger partial charge < -0.3 is 0 Å². The first-order valence-electron chi connectivity index (χ1n) is 8.30. The highest BCUT2D eigenvalue weighted by molar-refractivity contribution is 5.25. The van der Waals surface area contributed by atoms with E-state index in [9.17, 15) is 26.3 Å². The second-order valence-corrected chi connectivity index (χ2v) is 4.65. The highest BCUT2D eigenvalue weighted by Crippen LogP contribution is 2.29. The van der Waals surface area contributed by atoms with Crippen LogP contribution in [0.4, 0.5) is 26.3 Å². The molecular weight excluding hydrogens is 354 g/mol. The second kappa shape index (κ2) is 13.3. The van der Waals surface area contributed by atoms with E-state index in [2.05, 4.69) is 0 Å². The van der Waals surface area contributed by atoms with Gasteiger partial charge >= 0.3 is 6.18 Å². The molecule has 0 radical (unpaired) electrons. The summed E-state index contributed by atoms with van der Waals surface area (Å²) in [5.74, 6) is -0.803. The molecule has 148 valence electrons. The molecule has 6 heteroatoms. The fraction of sp³-hybridized carbons (Fsp3) is 0.400. The van der Waals surface area contributed by atoms with Gasteiger partial charge in [0.2, 0.25) is 0 Å². The van der Waals surface area contributed by atoms with Gasteiger partial charge in [-0.2, -0.15) is 13.2 Å². The molecule has 0 saturated heterocycles. The summed E-state index contributed by atoms with van der Waals surface area (Å²) in [7, 11) is 0. The zero-order chi connectivity index (χ0) is 20.9. The van der Waals surface area contributed by atoms with Gasteiger partial charge in [-0.1, -0.05) is 69.7 Å². The van der Waals surface area contributed by atoms with Gasteiger partial charge in [-0.25, -0.2) is 13.2 Å². The van der Waals surface area contributed by atoms with Crippen molar-refractivity contribution in [3.05, 3.63) is 70.5 Å². The fourth-order valence-corrected chi connectivity index (χ4v) is 1.66. The molecule has 0 aromatic heterocycles. The van der Waals surface area contributed by atoms with Crippen LogP contribution in [0, 0.1) is 19.7 Å². The Morgan fingerprint density at radius 2 is 1.31 bits per heavy atom. The van der Waals surface area contributed by atoms with Gasteiger partial charge in [0, 0.05) is 0 Å². The molecule has 0 atom stereocenters. The molecule has 0 N–H and O–H groups in total. The lowest BCUT2D eigenvalue weighted by Crippen LogP contribution is -2.04. The lowest BCUT2D eigenvalue weighted by Gasteiger charge is -2.05. The lowest BCUT2D eigenvalue weighted by atomic mass is 10.1. The number of halogens is 6. The van der Waals surface area contributed by atoms with Crippen molar-refractivity contribution in [3.8, 4) is 0 Å². The molecule has 0 aliphatic heterocycles. The van der Waals surface area contributed by atoms with Crippen molar-refractivity contribution in [2.24, 2.45) is 0 Å². The maximum atomic E-state index is 12.8. The third kappa shape index (κ3) is 9.49. The van der Waals surface area contributed by atoms with Crippen molar-refractivity contribution >= 4 is 0 Å². The van der Waals surface area contributed by atoms with E-state index in [0.717, 1.165) is 18.2 Å². The van der Waals surface area contributed by atoms with Crippen molar-refractivity contribution in [1.29, 1.82) is 0 Å². The fourth-order valence-electron chi connectivity index (χ4n) is 1.66. The first-order chi connectivity index (χ1) is 12.1. The average Bonchev–Trinajstić information content (AvgIpc) is 2.60. The minimum atomic E-state index is -4.22. The molecule has 26 heavy (non-hydrogen) atoms. The molecule has 2 aromatic carbocycles. The maximum absolute atomic E-state index is 12.8. The molecule has 0 fully saturated rings. The normalized spacial score (nSPS) is 9.88. The summed E-state index contributed by atoms with van der Waals surface area (Å²) in [4.78, 5) is 0. The molecule has 2 aromatic rings. The molecule has 0 unspecified atom stereocenters. The van der Waals surface area contributed by atoms with Gasteiger partial charge in [-0.15, -0.1) is 0 Å².